The van der Waals surface area contributed by atoms with Gasteiger partial charge in [0.1, 0.15) is 5.76 Å². The molecule has 1 atom stereocenters. The summed E-state index contributed by atoms with van der Waals surface area (Å²) in [6, 6.07) is 3.69. The minimum atomic E-state index is -0.260. The van der Waals surface area contributed by atoms with E-state index in [4.69, 9.17) is 14.1 Å². The Balaban J connectivity index is 1.57. The van der Waals surface area contributed by atoms with E-state index < -0.39 is 0 Å². The van der Waals surface area contributed by atoms with E-state index in [0.717, 1.165) is 23.4 Å². The van der Waals surface area contributed by atoms with Crippen LogP contribution in [-0.2, 0) is 23.3 Å². The minimum absolute atomic E-state index is 0.0609. The molecule has 0 bridgehead atoms. The van der Waals surface area contributed by atoms with Gasteiger partial charge in [-0.2, -0.15) is 0 Å². The zero-order chi connectivity index (χ0) is 17.3. The molecule has 0 unspecified atom stereocenters. The molecule has 2 aliphatic heterocycles. The third-order valence-electron chi connectivity index (χ3n) is 4.86. The van der Waals surface area contributed by atoms with Gasteiger partial charge >= 0.3 is 6.03 Å². The van der Waals surface area contributed by atoms with Crippen LogP contribution in [0.5, 0.6) is 0 Å². The molecule has 1 saturated heterocycles. The van der Waals surface area contributed by atoms with E-state index in [1.807, 2.05) is 23.2 Å². The molecular weight excluding hydrogens is 322 g/mol. The van der Waals surface area contributed by atoms with Gasteiger partial charge in [0, 0.05) is 31.9 Å². The van der Waals surface area contributed by atoms with E-state index in [0.29, 0.717) is 38.8 Å². The average molecular weight is 343 g/mol. The molecule has 0 radical (unpaired) electrons. The Labute approximate surface area is 145 Å². The molecule has 2 N–H and O–H groups in total. The van der Waals surface area contributed by atoms with Crippen molar-refractivity contribution < 1.29 is 13.9 Å². The molecule has 8 nitrogen and oxygen atoms in total. The Morgan fingerprint density at radius 3 is 3.20 bits per heavy atom. The van der Waals surface area contributed by atoms with Gasteiger partial charge in [-0.25, -0.2) is 14.8 Å². The third kappa shape index (κ3) is 2.93. The van der Waals surface area contributed by atoms with Crippen molar-refractivity contribution in [2.24, 2.45) is 0 Å². The Morgan fingerprint density at radius 1 is 1.48 bits per heavy atom. The van der Waals surface area contributed by atoms with Gasteiger partial charge in [-0.15, -0.1) is 0 Å². The highest BCUT2D eigenvalue weighted by molar-refractivity contribution is 5.74. The van der Waals surface area contributed by atoms with Crippen molar-refractivity contribution in [3.8, 4) is 0 Å². The number of anilines is 1. The number of nitrogens with zero attached hydrogens (tertiary/aromatic N) is 3. The number of amides is 2. The normalized spacial score (nSPS) is 22.0. The van der Waals surface area contributed by atoms with Crippen molar-refractivity contribution in [2.75, 3.05) is 32.1 Å². The lowest BCUT2D eigenvalue weighted by Crippen LogP contribution is -2.43. The van der Waals surface area contributed by atoms with E-state index in [2.05, 4.69) is 15.6 Å². The molecule has 2 amide bonds. The number of carbonyl (C=O) groups is 1. The van der Waals surface area contributed by atoms with E-state index in [-0.39, 0.29) is 11.4 Å². The van der Waals surface area contributed by atoms with Crippen molar-refractivity contribution in [3.05, 3.63) is 41.6 Å². The number of nitrogens with one attached hydrogen (secondary N) is 2. The molecular formula is C17H21N5O3. The van der Waals surface area contributed by atoms with Crippen LogP contribution in [-0.4, -0.2) is 47.6 Å². The Morgan fingerprint density at radius 2 is 2.40 bits per heavy atom. The lowest BCUT2D eigenvalue weighted by atomic mass is 9.81. The van der Waals surface area contributed by atoms with Crippen LogP contribution < -0.4 is 10.6 Å². The number of aromatic nitrogens is 2. The SMILES string of the molecule is CNC(=O)N1CC[C@@]2(COCc3cnc(NCc4ccco4)nc32)C1. The average Bonchev–Trinajstić information content (AvgIpc) is 3.30. The Kier molecular flexibility index (Phi) is 4.04. The van der Waals surface area contributed by atoms with Crippen LogP contribution in [0.15, 0.2) is 29.0 Å². The van der Waals surface area contributed by atoms with E-state index in [1.54, 1.807) is 13.3 Å². The summed E-state index contributed by atoms with van der Waals surface area (Å²) in [5.41, 5.74) is 1.72. The third-order valence-corrected chi connectivity index (χ3v) is 4.86. The highest BCUT2D eigenvalue weighted by atomic mass is 16.5. The number of fused-ring (bicyclic) bond motifs is 2. The number of hydrogen-bond acceptors (Lipinski definition) is 6. The number of urea groups is 1. The maximum absolute atomic E-state index is 12.0. The highest BCUT2D eigenvalue weighted by Gasteiger charge is 2.46. The van der Waals surface area contributed by atoms with Gasteiger partial charge in [-0.05, 0) is 18.6 Å². The lowest BCUT2D eigenvalue weighted by Gasteiger charge is -2.34. The molecule has 4 heterocycles. The number of furan rings is 1. The van der Waals surface area contributed by atoms with Gasteiger partial charge in [0.15, 0.2) is 0 Å². The summed E-state index contributed by atoms with van der Waals surface area (Å²) in [4.78, 5) is 22.9. The van der Waals surface area contributed by atoms with Crippen molar-refractivity contribution in [1.29, 1.82) is 0 Å². The van der Waals surface area contributed by atoms with Gasteiger partial charge < -0.3 is 24.7 Å². The van der Waals surface area contributed by atoms with Crippen molar-refractivity contribution in [1.82, 2.24) is 20.2 Å². The Hall–Kier alpha value is -2.61. The summed E-state index contributed by atoms with van der Waals surface area (Å²) in [7, 11) is 1.65. The quantitative estimate of drug-likeness (QED) is 0.877. The molecule has 25 heavy (non-hydrogen) atoms. The molecule has 0 aliphatic carbocycles. The second kappa shape index (κ2) is 6.36. The molecule has 2 aliphatic rings. The second-order valence-corrected chi connectivity index (χ2v) is 6.50. The predicted octanol–water partition coefficient (Wildman–Crippen LogP) is 1.49. The summed E-state index contributed by atoms with van der Waals surface area (Å²) in [5, 5.41) is 5.89. The standard InChI is InChI=1S/C17H21N5O3/c1-18-16(23)22-5-4-17(10-22)11-24-9-12-7-19-15(21-14(12)17)20-8-13-3-2-6-25-13/h2-3,6-7H,4-5,8-11H2,1H3,(H,18,23)(H,19,20,21)/t17-/m0/s1. The molecule has 0 saturated carbocycles. The van der Waals surface area contributed by atoms with E-state index >= 15 is 0 Å². The van der Waals surface area contributed by atoms with Crippen LogP contribution in [0.3, 0.4) is 0 Å². The summed E-state index contributed by atoms with van der Waals surface area (Å²) in [6.07, 6.45) is 4.29. The molecule has 132 valence electrons. The largest absolute Gasteiger partial charge is 0.467 e. The van der Waals surface area contributed by atoms with Crippen molar-refractivity contribution in [3.63, 3.8) is 0 Å². The summed E-state index contributed by atoms with van der Waals surface area (Å²) in [5.74, 6) is 1.39. The zero-order valence-electron chi connectivity index (χ0n) is 14.1. The van der Waals surface area contributed by atoms with E-state index in [1.165, 1.54) is 0 Å². The number of likely N-dealkylation sites (tertiary alicyclic amines) is 1. The topological polar surface area (TPSA) is 92.5 Å². The lowest BCUT2D eigenvalue weighted by molar-refractivity contribution is 0.0519. The fraction of sp³-hybridized carbons (Fsp3) is 0.471. The second-order valence-electron chi connectivity index (χ2n) is 6.50. The van der Waals surface area contributed by atoms with E-state index in [9.17, 15) is 4.79 Å². The monoisotopic (exact) mass is 343 g/mol. The smallest absolute Gasteiger partial charge is 0.317 e. The minimum Gasteiger partial charge on any atom is -0.467 e. The van der Waals surface area contributed by atoms with Crippen LogP contribution in [0.25, 0.3) is 0 Å². The van der Waals surface area contributed by atoms with Crippen LogP contribution in [0.1, 0.15) is 23.4 Å². The van der Waals surface area contributed by atoms with Crippen LogP contribution in [0, 0.1) is 0 Å². The molecule has 1 fully saturated rings. The zero-order valence-corrected chi connectivity index (χ0v) is 14.1. The van der Waals surface area contributed by atoms with Crippen molar-refractivity contribution in [2.45, 2.75) is 25.0 Å². The molecule has 0 aromatic carbocycles. The van der Waals surface area contributed by atoms with Crippen LogP contribution in [0.2, 0.25) is 0 Å². The molecule has 8 heteroatoms. The fourth-order valence-electron chi connectivity index (χ4n) is 3.58. The number of rotatable bonds is 3. The van der Waals surface area contributed by atoms with Gasteiger partial charge in [0.2, 0.25) is 5.95 Å². The number of ether oxygens (including phenoxy) is 1. The predicted molar refractivity (Wildman–Crippen MR) is 90.0 cm³/mol. The van der Waals surface area contributed by atoms with Gasteiger partial charge in [-0.3, -0.25) is 0 Å². The summed E-state index contributed by atoms with van der Waals surface area (Å²) >= 11 is 0. The number of carbonyl (C=O) groups excluding carboxylic acids is 1. The van der Waals surface area contributed by atoms with Gasteiger partial charge in [-0.1, -0.05) is 0 Å². The van der Waals surface area contributed by atoms with Gasteiger partial charge in [0.05, 0.1) is 37.1 Å². The van der Waals surface area contributed by atoms with Gasteiger partial charge in [0.25, 0.3) is 0 Å². The first-order chi connectivity index (χ1) is 12.2. The Bertz CT molecular complexity index is 764. The number of hydrogen-bond donors (Lipinski definition) is 2. The molecule has 1 spiro atoms. The molecule has 2 aromatic rings. The summed E-state index contributed by atoms with van der Waals surface area (Å²) in [6.45, 7) is 2.91. The first-order valence-corrected chi connectivity index (χ1v) is 8.37. The maximum atomic E-state index is 12.0. The van der Waals surface area contributed by atoms with Crippen LogP contribution >= 0.6 is 0 Å². The molecule has 2 aromatic heterocycles. The molecule has 4 rings (SSSR count). The van der Waals surface area contributed by atoms with Crippen molar-refractivity contribution >= 4 is 12.0 Å². The maximum Gasteiger partial charge on any atom is 0.317 e. The first kappa shape index (κ1) is 15.9. The van der Waals surface area contributed by atoms with Crippen LogP contribution in [0.4, 0.5) is 10.7 Å². The first-order valence-electron chi connectivity index (χ1n) is 8.37. The highest BCUT2D eigenvalue weighted by Crippen LogP contribution is 2.39. The summed E-state index contributed by atoms with van der Waals surface area (Å²) < 4.78 is 11.1. The fourth-order valence-corrected chi connectivity index (χ4v) is 3.58.